The molecule has 1 aromatic rings. The van der Waals surface area contributed by atoms with Crippen LogP contribution >= 0.6 is 15.9 Å². The fourth-order valence-corrected chi connectivity index (χ4v) is 3.71. The molecule has 3 rings (SSSR count). The van der Waals surface area contributed by atoms with Crippen LogP contribution in [0.5, 0.6) is 5.75 Å². The second-order valence-corrected chi connectivity index (χ2v) is 7.40. The van der Waals surface area contributed by atoms with Crippen LogP contribution < -0.4 is 4.74 Å². The van der Waals surface area contributed by atoms with Gasteiger partial charge in [0, 0.05) is 55.4 Å². The highest BCUT2D eigenvalue weighted by Crippen LogP contribution is 2.24. The van der Waals surface area contributed by atoms with Gasteiger partial charge in [-0.3, -0.25) is 9.69 Å². The minimum Gasteiger partial charge on any atom is -0.496 e. The first-order valence-electron chi connectivity index (χ1n) is 8.80. The van der Waals surface area contributed by atoms with E-state index in [4.69, 9.17) is 9.47 Å². The molecule has 0 bridgehead atoms. The summed E-state index contributed by atoms with van der Waals surface area (Å²) >= 11 is 3.45. The van der Waals surface area contributed by atoms with Crippen LogP contribution in [0, 0.1) is 0 Å². The highest BCUT2D eigenvalue weighted by Gasteiger charge is 2.24. The molecule has 136 valence electrons. The zero-order valence-electron chi connectivity index (χ0n) is 14.6. The number of rotatable bonds is 5. The maximum absolute atomic E-state index is 12.5. The van der Waals surface area contributed by atoms with E-state index >= 15 is 0 Å². The molecule has 2 aliphatic rings. The number of nitrogens with zero attached hydrogens (tertiary/aromatic N) is 2. The first kappa shape index (κ1) is 18.4. The number of carbonyl (C=O) groups is 1. The van der Waals surface area contributed by atoms with Gasteiger partial charge in [-0.05, 0) is 37.1 Å². The van der Waals surface area contributed by atoms with E-state index < -0.39 is 0 Å². The predicted octanol–water partition coefficient (Wildman–Crippen LogP) is 2.79. The first-order chi connectivity index (χ1) is 12.2. The van der Waals surface area contributed by atoms with Gasteiger partial charge in [0.05, 0.1) is 13.2 Å². The molecule has 2 saturated heterocycles. The summed E-state index contributed by atoms with van der Waals surface area (Å²) in [6.07, 6.45) is 6.18. The van der Waals surface area contributed by atoms with Crippen molar-refractivity contribution in [2.45, 2.75) is 18.9 Å². The zero-order valence-corrected chi connectivity index (χ0v) is 16.2. The molecule has 2 fully saturated rings. The molecule has 25 heavy (non-hydrogen) atoms. The molecule has 0 aromatic heterocycles. The van der Waals surface area contributed by atoms with Gasteiger partial charge in [0.1, 0.15) is 5.75 Å². The predicted molar refractivity (Wildman–Crippen MR) is 102 cm³/mol. The quantitative estimate of drug-likeness (QED) is 0.702. The number of amides is 1. The lowest BCUT2D eigenvalue weighted by atomic mass is 10.1. The average molecular weight is 409 g/mol. The Morgan fingerprint density at radius 2 is 2.16 bits per heavy atom. The summed E-state index contributed by atoms with van der Waals surface area (Å²) in [5, 5.41) is 0. The molecule has 0 spiro atoms. The maximum atomic E-state index is 12.5. The minimum atomic E-state index is 0.0544. The van der Waals surface area contributed by atoms with Crippen LogP contribution in [0.1, 0.15) is 18.4 Å². The van der Waals surface area contributed by atoms with E-state index in [1.165, 1.54) is 6.42 Å². The van der Waals surface area contributed by atoms with E-state index in [1.54, 1.807) is 13.2 Å². The third-order valence-electron chi connectivity index (χ3n) is 4.77. The number of hydrogen-bond acceptors (Lipinski definition) is 4. The van der Waals surface area contributed by atoms with Crippen LogP contribution in [0.15, 0.2) is 28.7 Å². The van der Waals surface area contributed by atoms with Gasteiger partial charge < -0.3 is 14.4 Å². The smallest absolute Gasteiger partial charge is 0.246 e. The van der Waals surface area contributed by atoms with Crippen molar-refractivity contribution in [2.24, 2.45) is 0 Å². The van der Waals surface area contributed by atoms with Crippen molar-refractivity contribution >= 4 is 27.9 Å². The van der Waals surface area contributed by atoms with Gasteiger partial charge >= 0.3 is 0 Å². The second kappa shape index (κ2) is 8.83. The van der Waals surface area contributed by atoms with Gasteiger partial charge in [-0.1, -0.05) is 15.9 Å². The van der Waals surface area contributed by atoms with Crippen molar-refractivity contribution in [3.63, 3.8) is 0 Å². The molecule has 1 atom stereocenters. The fourth-order valence-electron chi connectivity index (χ4n) is 3.33. The molecule has 5 nitrogen and oxygen atoms in total. The number of carbonyl (C=O) groups excluding carboxylic acids is 1. The molecule has 6 heteroatoms. The second-order valence-electron chi connectivity index (χ2n) is 6.48. The van der Waals surface area contributed by atoms with Gasteiger partial charge in [0.2, 0.25) is 5.91 Å². The molecule has 0 radical (unpaired) electrons. The standard InChI is InChI=1S/C19H25BrN2O3/c1-24-18-6-5-16(20)13-15(18)4-7-19(23)22-10-8-21(9-11-22)14-17-3-2-12-25-17/h4-7,13,17H,2-3,8-12,14H2,1H3. The van der Waals surface area contributed by atoms with E-state index in [9.17, 15) is 4.79 Å². The van der Waals surface area contributed by atoms with Crippen molar-refractivity contribution in [3.8, 4) is 5.75 Å². The molecule has 1 aromatic carbocycles. The number of methoxy groups -OCH3 is 1. The largest absolute Gasteiger partial charge is 0.496 e. The van der Waals surface area contributed by atoms with Gasteiger partial charge in [0.15, 0.2) is 0 Å². The van der Waals surface area contributed by atoms with Crippen molar-refractivity contribution in [3.05, 3.63) is 34.3 Å². The van der Waals surface area contributed by atoms with E-state index in [0.29, 0.717) is 6.10 Å². The Balaban J connectivity index is 1.51. The number of ether oxygens (including phenoxy) is 2. The molecule has 0 aliphatic carbocycles. The van der Waals surface area contributed by atoms with Crippen LogP contribution in [-0.2, 0) is 9.53 Å². The molecule has 0 N–H and O–H groups in total. The van der Waals surface area contributed by atoms with Gasteiger partial charge in [0.25, 0.3) is 0 Å². The molecule has 2 heterocycles. The van der Waals surface area contributed by atoms with Crippen molar-refractivity contribution in [2.75, 3.05) is 46.4 Å². The van der Waals surface area contributed by atoms with Gasteiger partial charge in [-0.2, -0.15) is 0 Å². The normalized spacial score (nSPS) is 21.8. The number of piperazine rings is 1. The summed E-state index contributed by atoms with van der Waals surface area (Å²) in [4.78, 5) is 16.8. The van der Waals surface area contributed by atoms with Crippen LogP contribution in [0.4, 0.5) is 0 Å². The van der Waals surface area contributed by atoms with Crippen LogP contribution in [-0.4, -0.2) is 68.3 Å². The van der Waals surface area contributed by atoms with Crippen LogP contribution in [0.2, 0.25) is 0 Å². The van der Waals surface area contributed by atoms with Crippen LogP contribution in [0.3, 0.4) is 0 Å². The maximum Gasteiger partial charge on any atom is 0.246 e. The summed E-state index contributed by atoms with van der Waals surface area (Å²) < 4.78 is 12.0. The topological polar surface area (TPSA) is 42.0 Å². The highest BCUT2D eigenvalue weighted by atomic mass is 79.9. The number of hydrogen-bond donors (Lipinski definition) is 0. The Kier molecular flexibility index (Phi) is 6.51. The van der Waals surface area contributed by atoms with Crippen molar-refractivity contribution in [1.82, 2.24) is 9.80 Å². The third-order valence-corrected chi connectivity index (χ3v) is 5.26. The number of halogens is 1. The van der Waals surface area contributed by atoms with Crippen LogP contribution in [0.25, 0.3) is 6.08 Å². The molecule has 1 unspecified atom stereocenters. The Bertz CT molecular complexity index is 621. The SMILES string of the molecule is COc1ccc(Br)cc1C=CC(=O)N1CCN(CC2CCCO2)CC1. The van der Waals surface area contributed by atoms with E-state index in [0.717, 1.165) is 61.5 Å². The van der Waals surface area contributed by atoms with Crippen molar-refractivity contribution < 1.29 is 14.3 Å². The lowest BCUT2D eigenvalue weighted by Crippen LogP contribution is -2.50. The Labute approximate surface area is 157 Å². The Hall–Kier alpha value is -1.37. The lowest BCUT2D eigenvalue weighted by Gasteiger charge is -2.35. The fraction of sp³-hybridized carbons (Fsp3) is 0.526. The number of benzene rings is 1. The summed E-state index contributed by atoms with van der Waals surface area (Å²) in [5.74, 6) is 0.812. The van der Waals surface area contributed by atoms with E-state index in [2.05, 4.69) is 20.8 Å². The Morgan fingerprint density at radius 1 is 1.36 bits per heavy atom. The van der Waals surface area contributed by atoms with Gasteiger partial charge in [-0.25, -0.2) is 0 Å². The lowest BCUT2D eigenvalue weighted by molar-refractivity contribution is -0.127. The third kappa shape index (κ3) is 5.06. The minimum absolute atomic E-state index is 0.0544. The first-order valence-corrected chi connectivity index (χ1v) is 9.59. The zero-order chi connectivity index (χ0) is 17.6. The van der Waals surface area contributed by atoms with Crippen molar-refractivity contribution in [1.29, 1.82) is 0 Å². The molecule has 1 amide bonds. The van der Waals surface area contributed by atoms with E-state index in [1.807, 2.05) is 29.2 Å². The summed E-state index contributed by atoms with van der Waals surface area (Å²) in [5.41, 5.74) is 0.891. The molecular weight excluding hydrogens is 384 g/mol. The summed E-state index contributed by atoms with van der Waals surface area (Å²) in [6.45, 7) is 5.26. The summed E-state index contributed by atoms with van der Waals surface area (Å²) in [6, 6.07) is 5.76. The highest BCUT2D eigenvalue weighted by molar-refractivity contribution is 9.10. The molecule has 0 saturated carbocycles. The van der Waals surface area contributed by atoms with Gasteiger partial charge in [-0.15, -0.1) is 0 Å². The Morgan fingerprint density at radius 3 is 2.84 bits per heavy atom. The molecule has 2 aliphatic heterocycles. The monoisotopic (exact) mass is 408 g/mol. The average Bonchev–Trinajstić information content (AvgIpc) is 3.13. The molecular formula is C19H25BrN2O3. The summed E-state index contributed by atoms with van der Waals surface area (Å²) in [7, 11) is 1.63. The van der Waals surface area contributed by atoms with E-state index in [-0.39, 0.29) is 5.91 Å².